The Hall–Kier alpha value is -3.42. The molecule has 1 heterocycles. The molecule has 0 aliphatic rings. The molecule has 6 nitrogen and oxygen atoms in total. The Kier molecular flexibility index (Phi) is 7.77. The number of hydrogen-bond acceptors (Lipinski definition) is 5. The first-order chi connectivity index (χ1) is 16.6. The highest BCUT2D eigenvalue weighted by atomic mass is 32.2. The number of para-hydroxylation sites is 2. The fourth-order valence-corrected chi connectivity index (χ4v) is 4.66. The molecule has 7 heteroatoms. The van der Waals surface area contributed by atoms with Gasteiger partial charge < -0.3 is 9.64 Å². The number of aromatic nitrogens is 2. The van der Waals surface area contributed by atoms with Crippen LogP contribution in [0, 0.1) is 6.92 Å². The van der Waals surface area contributed by atoms with Crippen LogP contribution >= 0.6 is 11.8 Å². The Bertz CT molecular complexity index is 1340. The molecule has 4 aromatic rings. The lowest BCUT2D eigenvalue weighted by Crippen LogP contribution is -2.35. The van der Waals surface area contributed by atoms with Gasteiger partial charge in [-0.05, 0) is 36.2 Å². The molecule has 0 bridgehead atoms. The highest BCUT2D eigenvalue weighted by molar-refractivity contribution is 7.99. The average Bonchev–Trinajstić information content (AvgIpc) is 2.86. The Morgan fingerprint density at radius 1 is 1.00 bits per heavy atom. The number of hydrogen-bond donors (Lipinski definition) is 0. The number of amides is 1. The normalized spacial score (nSPS) is 11.0. The maximum Gasteiger partial charge on any atom is 0.266 e. The predicted molar refractivity (Wildman–Crippen MR) is 137 cm³/mol. The van der Waals surface area contributed by atoms with E-state index in [-0.39, 0.29) is 17.2 Å². The lowest BCUT2D eigenvalue weighted by molar-refractivity contribution is -0.129. The molecule has 0 saturated carbocycles. The largest absolute Gasteiger partial charge is 0.383 e. The third-order valence-corrected chi connectivity index (χ3v) is 6.48. The van der Waals surface area contributed by atoms with Gasteiger partial charge in [0.05, 0.1) is 29.0 Å². The van der Waals surface area contributed by atoms with Gasteiger partial charge in [0.2, 0.25) is 5.91 Å². The molecule has 3 aromatic carbocycles. The molecule has 4 rings (SSSR count). The molecular weight excluding hydrogens is 446 g/mol. The van der Waals surface area contributed by atoms with Crippen molar-refractivity contribution >= 4 is 28.6 Å². The van der Waals surface area contributed by atoms with Crippen molar-refractivity contribution in [2.45, 2.75) is 18.6 Å². The predicted octanol–water partition coefficient (Wildman–Crippen LogP) is 4.46. The number of nitrogens with zero attached hydrogens (tertiary/aromatic N) is 3. The van der Waals surface area contributed by atoms with Gasteiger partial charge >= 0.3 is 0 Å². The van der Waals surface area contributed by atoms with E-state index in [1.165, 1.54) is 11.8 Å². The number of rotatable bonds is 9. The molecule has 0 aliphatic heterocycles. The van der Waals surface area contributed by atoms with Crippen LogP contribution in [0.3, 0.4) is 0 Å². The van der Waals surface area contributed by atoms with Crippen molar-refractivity contribution in [3.05, 3.63) is 100 Å². The third kappa shape index (κ3) is 5.38. The van der Waals surface area contributed by atoms with Crippen molar-refractivity contribution in [1.29, 1.82) is 0 Å². The van der Waals surface area contributed by atoms with Crippen LogP contribution in [0.5, 0.6) is 0 Å². The number of fused-ring (bicyclic) bond motifs is 1. The van der Waals surface area contributed by atoms with Crippen LogP contribution in [-0.2, 0) is 16.1 Å². The van der Waals surface area contributed by atoms with Gasteiger partial charge in [-0.3, -0.25) is 14.2 Å². The Balaban J connectivity index is 1.65. The number of thioether (sulfide) groups is 1. The molecule has 0 aliphatic carbocycles. The first-order valence-electron chi connectivity index (χ1n) is 11.1. The van der Waals surface area contributed by atoms with Crippen molar-refractivity contribution in [2.24, 2.45) is 0 Å². The summed E-state index contributed by atoms with van der Waals surface area (Å²) < 4.78 is 6.84. The number of benzene rings is 3. The van der Waals surface area contributed by atoms with E-state index >= 15 is 0 Å². The topological polar surface area (TPSA) is 64.4 Å². The molecule has 34 heavy (non-hydrogen) atoms. The standard InChI is InChI=1S/C27H27N3O3S/c1-20-10-6-9-15-24(20)30-26(32)22-13-7-8-14-23(22)28-27(30)34-19-25(31)29(16-17-33-2)18-21-11-4-3-5-12-21/h3-15H,16-19H2,1-2H3. The maximum absolute atomic E-state index is 13.5. The highest BCUT2D eigenvalue weighted by Crippen LogP contribution is 2.23. The minimum absolute atomic E-state index is 0.0374. The van der Waals surface area contributed by atoms with Crippen molar-refractivity contribution in [1.82, 2.24) is 14.5 Å². The first-order valence-corrected chi connectivity index (χ1v) is 12.1. The Morgan fingerprint density at radius 3 is 2.47 bits per heavy atom. The zero-order valence-corrected chi connectivity index (χ0v) is 20.1. The fraction of sp³-hybridized carbons (Fsp3) is 0.222. The second-order valence-electron chi connectivity index (χ2n) is 7.92. The van der Waals surface area contributed by atoms with Gasteiger partial charge in [0, 0.05) is 20.2 Å². The van der Waals surface area contributed by atoms with Crippen LogP contribution in [0.25, 0.3) is 16.6 Å². The fourth-order valence-electron chi connectivity index (χ4n) is 3.75. The molecule has 174 valence electrons. The van der Waals surface area contributed by atoms with Crippen LogP contribution in [0.4, 0.5) is 0 Å². The zero-order chi connectivity index (χ0) is 23.9. The summed E-state index contributed by atoms with van der Waals surface area (Å²) in [6.45, 7) is 3.40. The van der Waals surface area contributed by atoms with Crippen LogP contribution in [-0.4, -0.2) is 46.4 Å². The lowest BCUT2D eigenvalue weighted by Gasteiger charge is -2.23. The van der Waals surface area contributed by atoms with Gasteiger partial charge in [0.25, 0.3) is 5.56 Å². The number of ether oxygens (including phenoxy) is 1. The first kappa shape index (κ1) is 23.7. The summed E-state index contributed by atoms with van der Waals surface area (Å²) in [6, 6.07) is 24.9. The highest BCUT2D eigenvalue weighted by Gasteiger charge is 2.19. The van der Waals surface area contributed by atoms with E-state index in [1.54, 1.807) is 22.6 Å². The van der Waals surface area contributed by atoms with E-state index < -0.39 is 0 Å². The molecule has 0 spiro atoms. The van der Waals surface area contributed by atoms with E-state index in [1.807, 2.05) is 79.7 Å². The van der Waals surface area contributed by atoms with Crippen molar-refractivity contribution in [3.8, 4) is 5.69 Å². The SMILES string of the molecule is COCCN(Cc1ccccc1)C(=O)CSc1nc2ccccc2c(=O)n1-c1ccccc1C. The van der Waals surface area contributed by atoms with Crippen molar-refractivity contribution < 1.29 is 9.53 Å². The van der Waals surface area contributed by atoms with Gasteiger partial charge in [0.15, 0.2) is 5.16 Å². The zero-order valence-electron chi connectivity index (χ0n) is 19.3. The summed E-state index contributed by atoms with van der Waals surface area (Å²) in [7, 11) is 1.62. The van der Waals surface area contributed by atoms with Crippen LogP contribution in [0.1, 0.15) is 11.1 Å². The quantitative estimate of drug-likeness (QED) is 0.265. The van der Waals surface area contributed by atoms with Crippen LogP contribution < -0.4 is 5.56 Å². The van der Waals surface area contributed by atoms with E-state index in [2.05, 4.69) is 0 Å². The van der Waals surface area contributed by atoms with Gasteiger partial charge in [-0.15, -0.1) is 0 Å². The smallest absolute Gasteiger partial charge is 0.266 e. The Morgan fingerprint density at radius 2 is 1.71 bits per heavy atom. The molecule has 0 saturated heterocycles. The minimum Gasteiger partial charge on any atom is -0.383 e. The molecule has 1 amide bonds. The summed E-state index contributed by atoms with van der Waals surface area (Å²) in [4.78, 5) is 33.2. The summed E-state index contributed by atoms with van der Waals surface area (Å²) in [5.74, 6) is 0.123. The van der Waals surface area contributed by atoms with E-state index in [9.17, 15) is 9.59 Å². The van der Waals surface area contributed by atoms with E-state index in [4.69, 9.17) is 9.72 Å². The van der Waals surface area contributed by atoms with E-state index in [0.717, 1.165) is 16.8 Å². The summed E-state index contributed by atoms with van der Waals surface area (Å²) in [5.41, 5.74) is 3.25. The minimum atomic E-state index is -0.143. The summed E-state index contributed by atoms with van der Waals surface area (Å²) in [5, 5.41) is 1.05. The number of carbonyl (C=O) groups excluding carboxylic acids is 1. The van der Waals surface area contributed by atoms with Gasteiger partial charge in [-0.1, -0.05) is 72.4 Å². The van der Waals surface area contributed by atoms with E-state index in [0.29, 0.717) is 35.8 Å². The number of carbonyl (C=O) groups is 1. The molecule has 0 atom stereocenters. The van der Waals surface area contributed by atoms with Gasteiger partial charge in [-0.2, -0.15) is 0 Å². The molecule has 0 radical (unpaired) electrons. The molecule has 1 aromatic heterocycles. The number of methoxy groups -OCH3 is 1. The summed E-state index contributed by atoms with van der Waals surface area (Å²) >= 11 is 1.28. The van der Waals surface area contributed by atoms with Crippen LogP contribution in [0.15, 0.2) is 88.8 Å². The third-order valence-electron chi connectivity index (χ3n) is 5.56. The molecule has 0 unspecified atom stereocenters. The molecular formula is C27H27N3O3S. The van der Waals surface area contributed by atoms with Gasteiger partial charge in [0.1, 0.15) is 0 Å². The van der Waals surface area contributed by atoms with Crippen LogP contribution in [0.2, 0.25) is 0 Å². The van der Waals surface area contributed by atoms with Crippen molar-refractivity contribution in [3.63, 3.8) is 0 Å². The second kappa shape index (κ2) is 11.1. The molecule has 0 fully saturated rings. The van der Waals surface area contributed by atoms with Crippen molar-refractivity contribution in [2.75, 3.05) is 26.0 Å². The second-order valence-corrected chi connectivity index (χ2v) is 8.86. The van der Waals surface area contributed by atoms with Gasteiger partial charge in [-0.25, -0.2) is 4.98 Å². The molecule has 0 N–H and O–H groups in total. The maximum atomic E-state index is 13.5. The Labute approximate surface area is 203 Å². The lowest BCUT2D eigenvalue weighted by atomic mass is 10.2. The number of aryl methyl sites for hydroxylation is 1. The average molecular weight is 474 g/mol. The monoisotopic (exact) mass is 473 g/mol. The summed E-state index contributed by atoms with van der Waals surface area (Å²) in [6.07, 6.45) is 0.